The lowest BCUT2D eigenvalue weighted by atomic mass is 10.1. The SMILES string of the molecule is O=c1c(Cc2ccco2)nc2c(Cc3ccccc3)[nH]c(-c3cccc([N+](=O)[O-])c3)cn1-2. The van der Waals surface area contributed by atoms with E-state index in [4.69, 9.17) is 4.42 Å². The molecule has 0 saturated carbocycles. The maximum atomic E-state index is 13.2. The Labute approximate surface area is 182 Å². The Kier molecular flexibility index (Phi) is 4.87. The Morgan fingerprint density at radius 2 is 1.88 bits per heavy atom. The number of nitro benzene ring substituents is 1. The molecule has 0 atom stereocenters. The lowest BCUT2D eigenvalue weighted by Gasteiger charge is -2.13. The summed E-state index contributed by atoms with van der Waals surface area (Å²) >= 11 is 0. The summed E-state index contributed by atoms with van der Waals surface area (Å²) in [6.45, 7) is 0. The van der Waals surface area contributed by atoms with E-state index >= 15 is 0 Å². The second kappa shape index (κ2) is 7.99. The molecule has 2 aliphatic heterocycles. The normalized spacial score (nSPS) is 11.1. The Hall–Kier alpha value is -4.46. The van der Waals surface area contributed by atoms with E-state index in [9.17, 15) is 14.9 Å². The van der Waals surface area contributed by atoms with Crippen LogP contribution in [-0.4, -0.2) is 19.5 Å². The van der Waals surface area contributed by atoms with Crippen LogP contribution in [0.5, 0.6) is 0 Å². The number of H-pyrrole nitrogens is 1. The Bertz CT molecular complexity index is 1420. The van der Waals surface area contributed by atoms with Gasteiger partial charge in [-0.05, 0) is 17.7 Å². The third-order valence-corrected chi connectivity index (χ3v) is 5.26. The number of furan rings is 1. The first-order valence-electron chi connectivity index (χ1n) is 10.0. The highest BCUT2D eigenvalue weighted by Gasteiger charge is 2.21. The molecule has 0 unspecified atom stereocenters. The van der Waals surface area contributed by atoms with Crippen LogP contribution in [0.4, 0.5) is 5.69 Å². The van der Waals surface area contributed by atoms with E-state index in [2.05, 4.69) is 9.97 Å². The molecular formula is C24H18N4O4. The van der Waals surface area contributed by atoms with Crippen LogP contribution in [0.15, 0.2) is 88.4 Å². The van der Waals surface area contributed by atoms with E-state index in [0.717, 1.165) is 11.3 Å². The van der Waals surface area contributed by atoms with Crippen LogP contribution in [0.25, 0.3) is 17.1 Å². The number of non-ortho nitro benzene ring substituents is 1. The highest BCUT2D eigenvalue weighted by molar-refractivity contribution is 5.63. The largest absolute Gasteiger partial charge is 0.469 e. The van der Waals surface area contributed by atoms with Gasteiger partial charge >= 0.3 is 0 Å². The van der Waals surface area contributed by atoms with Crippen LogP contribution < -0.4 is 5.56 Å². The van der Waals surface area contributed by atoms with Gasteiger partial charge < -0.3 is 9.40 Å². The minimum atomic E-state index is -0.440. The summed E-state index contributed by atoms with van der Waals surface area (Å²) in [6.07, 6.45) is 4.00. The quantitative estimate of drug-likeness (QED) is 0.321. The Morgan fingerprint density at radius 3 is 2.62 bits per heavy atom. The van der Waals surface area contributed by atoms with E-state index in [1.165, 1.54) is 16.7 Å². The summed E-state index contributed by atoms with van der Waals surface area (Å²) in [4.78, 5) is 31.9. The van der Waals surface area contributed by atoms with Crippen LogP contribution in [-0.2, 0) is 12.8 Å². The number of nitro groups is 1. The number of aromatic nitrogens is 3. The van der Waals surface area contributed by atoms with Crippen molar-refractivity contribution in [1.29, 1.82) is 0 Å². The summed E-state index contributed by atoms with van der Waals surface area (Å²) in [5.41, 5.74) is 3.09. The van der Waals surface area contributed by atoms with Crippen LogP contribution >= 0.6 is 0 Å². The molecule has 32 heavy (non-hydrogen) atoms. The predicted molar refractivity (Wildman–Crippen MR) is 118 cm³/mol. The van der Waals surface area contributed by atoms with E-state index in [1.807, 2.05) is 30.3 Å². The Morgan fingerprint density at radius 1 is 1.03 bits per heavy atom. The van der Waals surface area contributed by atoms with Gasteiger partial charge in [0.15, 0.2) is 5.82 Å². The molecule has 0 aliphatic carbocycles. The molecule has 2 aromatic carbocycles. The van der Waals surface area contributed by atoms with Gasteiger partial charge in [-0.1, -0.05) is 42.5 Å². The zero-order chi connectivity index (χ0) is 22.1. The molecule has 0 bridgehead atoms. The number of nitrogens with zero attached hydrogens (tertiary/aromatic N) is 3. The second-order valence-corrected chi connectivity index (χ2v) is 7.43. The number of aromatic amines is 1. The lowest BCUT2D eigenvalue weighted by Crippen LogP contribution is -2.17. The number of benzene rings is 2. The smallest absolute Gasteiger partial charge is 0.278 e. The molecule has 0 spiro atoms. The van der Waals surface area contributed by atoms with E-state index in [-0.39, 0.29) is 17.7 Å². The van der Waals surface area contributed by atoms with E-state index < -0.39 is 4.92 Å². The number of imidazole rings is 1. The summed E-state index contributed by atoms with van der Waals surface area (Å²) in [7, 11) is 0. The third-order valence-electron chi connectivity index (χ3n) is 5.26. The van der Waals surface area contributed by atoms with Gasteiger partial charge in [0.1, 0.15) is 11.5 Å². The molecule has 2 aliphatic rings. The number of fused-ring (bicyclic) bond motifs is 1. The molecule has 0 saturated heterocycles. The fraction of sp³-hybridized carbons (Fsp3) is 0.0833. The standard InChI is InChI=1S/C24H18N4O4/c29-24-21(14-19-10-5-11-32-19)26-23-20(12-16-6-2-1-3-7-16)25-22(15-27(23)24)17-8-4-9-18(13-17)28(30)31/h1-11,13,15,25H,12,14H2. The minimum Gasteiger partial charge on any atom is -0.469 e. The summed E-state index contributed by atoms with van der Waals surface area (Å²) < 4.78 is 6.88. The average molecular weight is 426 g/mol. The number of hydrogen-bond acceptors (Lipinski definition) is 5. The highest BCUT2D eigenvalue weighted by atomic mass is 16.6. The van der Waals surface area contributed by atoms with E-state index in [0.29, 0.717) is 35.0 Å². The molecule has 8 heteroatoms. The maximum Gasteiger partial charge on any atom is 0.278 e. The van der Waals surface area contributed by atoms with Gasteiger partial charge in [0.05, 0.1) is 29.0 Å². The molecule has 1 aromatic heterocycles. The third kappa shape index (κ3) is 3.69. The predicted octanol–water partition coefficient (Wildman–Crippen LogP) is 4.35. The van der Waals surface area contributed by atoms with Crippen LogP contribution in [0.1, 0.15) is 22.7 Å². The maximum absolute atomic E-state index is 13.2. The second-order valence-electron chi connectivity index (χ2n) is 7.43. The van der Waals surface area contributed by atoms with Crippen molar-refractivity contribution in [2.24, 2.45) is 0 Å². The molecule has 8 nitrogen and oxygen atoms in total. The van der Waals surface area contributed by atoms with Crippen molar-refractivity contribution >= 4 is 5.69 Å². The fourth-order valence-corrected chi connectivity index (χ4v) is 3.73. The molecule has 0 radical (unpaired) electrons. The van der Waals surface area contributed by atoms with Crippen LogP contribution in [0.2, 0.25) is 0 Å². The average Bonchev–Trinajstić information content (AvgIpc) is 3.43. The molecule has 158 valence electrons. The van der Waals surface area contributed by atoms with Gasteiger partial charge in [-0.15, -0.1) is 0 Å². The van der Waals surface area contributed by atoms with Crippen molar-refractivity contribution < 1.29 is 9.34 Å². The Balaban J connectivity index is 1.67. The molecule has 0 amide bonds. The number of nitrogens with one attached hydrogen (secondary N) is 1. The van der Waals surface area contributed by atoms with E-state index in [1.54, 1.807) is 36.7 Å². The van der Waals surface area contributed by atoms with Crippen molar-refractivity contribution in [2.75, 3.05) is 0 Å². The van der Waals surface area contributed by atoms with Gasteiger partial charge in [0.2, 0.25) is 0 Å². The fourth-order valence-electron chi connectivity index (χ4n) is 3.73. The highest BCUT2D eigenvalue weighted by Crippen LogP contribution is 2.26. The molecule has 3 aromatic rings. The lowest BCUT2D eigenvalue weighted by molar-refractivity contribution is -0.384. The van der Waals surface area contributed by atoms with Crippen molar-refractivity contribution in [1.82, 2.24) is 14.5 Å². The van der Waals surface area contributed by atoms with Gasteiger partial charge in [-0.25, -0.2) is 4.98 Å². The first-order valence-corrected chi connectivity index (χ1v) is 10.0. The van der Waals surface area contributed by atoms with Gasteiger partial charge in [-0.2, -0.15) is 0 Å². The van der Waals surface area contributed by atoms with Crippen molar-refractivity contribution in [3.63, 3.8) is 0 Å². The van der Waals surface area contributed by atoms with Gasteiger partial charge in [0, 0.05) is 30.3 Å². The molecule has 5 rings (SSSR count). The zero-order valence-electron chi connectivity index (χ0n) is 16.9. The molecular weight excluding hydrogens is 408 g/mol. The zero-order valence-corrected chi connectivity index (χ0v) is 16.9. The molecule has 0 fully saturated rings. The summed E-state index contributed by atoms with van der Waals surface area (Å²) in [5, 5.41) is 11.2. The van der Waals surface area contributed by atoms with Crippen molar-refractivity contribution in [2.45, 2.75) is 12.8 Å². The molecule has 3 heterocycles. The molecule has 1 N–H and O–H groups in total. The summed E-state index contributed by atoms with van der Waals surface area (Å²) in [6, 6.07) is 19.7. The monoisotopic (exact) mass is 426 g/mol. The minimum absolute atomic E-state index is 0.0212. The van der Waals surface area contributed by atoms with Crippen LogP contribution in [0, 0.1) is 10.1 Å². The first kappa shape index (κ1) is 19.5. The van der Waals surface area contributed by atoms with Crippen LogP contribution in [0.3, 0.4) is 0 Å². The first-order chi connectivity index (χ1) is 15.6. The van der Waals surface area contributed by atoms with Gasteiger partial charge in [0.25, 0.3) is 11.2 Å². The number of rotatable bonds is 6. The van der Waals surface area contributed by atoms with Crippen molar-refractivity contribution in [3.05, 3.63) is 122 Å². The topological polar surface area (TPSA) is 107 Å². The number of hydrogen-bond donors (Lipinski definition) is 1. The van der Waals surface area contributed by atoms with Gasteiger partial charge in [-0.3, -0.25) is 19.5 Å². The van der Waals surface area contributed by atoms with Crippen molar-refractivity contribution in [3.8, 4) is 17.1 Å². The summed E-state index contributed by atoms with van der Waals surface area (Å²) in [5.74, 6) is 1.17.